The van der Waals surface area contributed by atoms with E-state index < -0.39 is 8.32 Å². The number of fused-ring (bicyclic) bond motifs is 2. The molecule has 0 bridgehead atoms. The van der Waals surface area contributed by atoms with Crippen LogP contribution in [0.4, 0.5) is 0 Å². The third-order valence-corrected chi connectivity index (χ3v) is 12.3. The van der Waals surface area contributed by atoms with Crippen molar-refractivity contribution in [1.29, 1.82) is 0 Å². The van der Waals surface area contributed by atoms with E-state index in [-0.39, 0.29) is 10.6 Å². The van der Waals surface area contributed by atoms with Gasteiger partial charge in [-0.15, -0.1) is 0 Å². The van der Waals surface area contributed by atoms with Crippen LogP contribution < -0.4 is 16.0 Å². The minimum atomic E-state index is -1.77. The van der Waals surface area contributed by atoms with Gasteiger partial charge < -0.3 is 14.9 Å². The third-order valence-electron chi connectivity index (χ3n) is 6.83. The van der Waals surface area contributed by atoms with E-state index in [9.17, 15) is 4.79 Å². The fourth-order valence-electron chi connectivity index (χ4n) is 3.65. The van der Waals surface area contributed by atoms with Gasteiger partial charge in [-0.3, -0.25) is 14.8 Å². The summed E-state index contributed by atoms with van der Waals surface area (Å²) in [6.45, 7) is 13.3. The molecule has 0 spiro atoms. The van der Waals surface area contributed by atoms with Gasteiger partial charge in [0.15, 0.2) is 8.32 Å². The quantitative estimate of drug-likeness (QED) is 0.182. The molecule has 1 aromatic carbocycles. The zero-order valence-electron chi connectivity index (χ0n) is 22.2. The molecule has 3 heterocycles. The van der Waals surface area contributed by atoms with Crippen molar-refractivity contribution in [3.05, 3.63) is 69.4 Å². The first kappa shape index (κ1) is 27.1. The number of allylic oxidation sites excluding steroid dienone is 1. The molecule has 3 aromatic rings. The van der Waals surface area contributed by atoms with Gasteiger partial charge in [-0.1, -0.05) is 32.5 Å². The van der Waals surface area contributed by atoms with E-state index >= 15 is 0 Å². The Morgan fingerprint density at radius 1 is 1.30 bits per heavy atom. The highest BCUT2D eigenvalue weighted by Gasteiger charge is 2.36. The van der Waals surface area contributed by atoms with Crippen LogP contribution in [0.3, 0.4) is 0 Å². The Labute approximate surface area is 223 Å². The van der Waals surface area contributed by atoms with Crippen LogP contribution in [0.1, 0.15) is 32.2 Å². The van der Waals surface area contributed by atoms with Gasteiger partial charge in [0.2, 0.25) is 0 Å². The largest absolute Gasteiger partial charge is 0.491 e. The average Bonchev–Trinajstić information content (AvgIpc) is 3.32. The lowest BCUT2D eigenvalue weighted by Gasteiger charge is -2.35. The van der Waals surface area contributed by atoms with Crippen molar-refractivity contribution in [3.63, 3.8) is 0 Å². The lowest BCUT2D eigenvalue weighted by atomic mass is 10.2. The van der Waals surface area contributed by atoms with Crippen LogP contribution in [0.2, 0.25) is 18.1 Å². The maximum absolute atomic E-state index is 13.1. The standard InChI is InChI=1S/C27H35N5O3SSi/c1-27(2,3)37(4,5)35-13-11-29-17-22(15-28)36-21-7-8-23-19(14-21)16-30-32(26(23)33)18-20-6-9-25-24(31-20)10-12-34-25/h6-9,14-17H,10-13,18,28H2,1-5H3/b22-15+,29-17?. The van der Waals surface area contributed by atoms with E-state index in [0.717, 1.165) is 38.7 Å². The molecule has 1 aliphatic heterocycles. The second-order valence-corrected chi connectivity index (χ2v) is 16.5. The molecular weight excluding hydrogens is 502 g/mol. The first-order chi connectivity index (χ1) is 17.6. The van der Waals surface area contributed by atoms with Gasteiger partial charge in [0.05, 0.1) is 49.3 Å². The normalized spacial score (nSPS) is 14.4. The van der Waals surface area contributed by atoms with Crippen molar-refractivity contribution >= 4 is 37.1 Å². The summed E-state index contributed by atoms with van der Waals surface area (Å²) >= 11 is 1.49. The lowest BCUT2D eigenvalue weighted by Crippen LogP contribution is -2.41. The van der Waals surface area contributed by atoms with Crippen molar-refractivity contribution in [1.82, 2.24) is 14.8 Å². The molecule has 0 unspecified atom stereocenters. The number of hydrogen-bond donors (Lipinski definition) is 1. The molecule has 0 saturated heterocycles. The fraction of sp³-hybridized carbons (Fsp3) is 0.407. The molecule has 0 aliphatic carbocycles. The Morgan fingerprint density at radius 3 is 2.86 bits per heavy atom. The van der Waals surface area contributed by atoms with Crippen LogP contribution in [0.5, 0.6) is 5.75 Å². The zero-order chi connectivity index (χ0) is 26.6. The molecule has 196 valence electrons. The van der Waals surface area contributed by atoms with Crippen LogP contribution in [0.15, 0.2) is 62.3 Å². The van der Waals surface area contributed by atoms with Crippen LogP contribution >= 0.6 is 11.8 Å². The van der Waals surface area contributed by atoms with Crippen molar-refractivity contribution in [2.24, 2.45) is 10.7 Å². The van der Waals surface area contributed by atoms with Crippen molar-refractivity contribution in [2.75, 3.05) is 19.8 Å². The molecule has 0 atom stereocenters. The van der Waals surface area contributed by atoms with Crippen LogP contribution in [0, 0.1) is 0 Å². The first-order valence-corrected chi connectivity index (χ1v) is 16.1. The highest BCUT2D eigenvalue weighted by Crippen LogP contribution is 2.36. The summed E-state index contributed by atoms with van der Waals surface area (Å²) in [6, 6.07) is 9.49. The molecule has 0 fully saturated rings. The van der Waals surface area contributed by atoms with E-state index in [0.29, 0.717) is 31.7 Å². The predicted molar refractivity (Wildman–Crippen MR) is 153 cm³/mol. The molecule has 37 heavy (non-hydrogen) atoms. The molecule has 8 nitrogen and oxygen atoms in total. The zero-order valence-corrected chi connectivity index (χ0v) is 24.0. The van der Waals surface area contributed by atoms with Crippen LogP contribution in [0.25, 0.3) is 10.8 Å². The van der Waals surface area contributed by atoms with Gasteiger partial charge in [-0.25, -0.2) is 4.68 Å². The number of pyridine rings is 1. The summed E-state index contributed by atoms with van der Waals surface area (Å²) in [5.41, 5.74) is 7.42. The van der Waals surface area contributed by atoms with Crippen LogP contribution in [-0.2, 0) is 17.4 Å². The Kier molecular flexibility index (Phi) is 8.20. The Morgan fingerprint density at radius 2 is 2.11 bits per heavy atom. The number of rotatable bonds is 9. The van der Waals surface area contributed by atoms with E-state index in [1.54, 1.807) is 12.4 Å². The third kappa shape index (κ3) is 6.49. The van der Waals surface area contributed by atoms with E-state index in [1.807, 2.05) is 30.3 Å². The van der Waals surface area contributed by atoms with Gasteiger partial charge in [0.25, 0.3) is 5.56 Å². The number of nitrogens with two attached hydrogens (primary N) is 1. The molecule has 4 rings (SSSR count). The van der Waals surface area contributed by atoms with Crippen molar-refractivity contribution < 1.29 is 9.16 Å². The van der Waals surface area contributed by atoms with Gasteiger partial charge in [0, 0.05) is 34.0 Å². The maximum Gasteiger partial charge on any atom is 0.274 e. The number of ether oxygens (including phenoxy) is 1. The van der Waals surface area contributed by atoms with Gasteiger partial charge >= 0.3 is 0 Å². The molecule has 2 N–H and O–H groups in total. The Bertz CT molecular complexity index is 1400. The fourth-order valence-corrected chi connectivity index (χ4v) is 5.47. The second-order valence-electron chi connectivity index (χ2n) is 10.5. The smallest absolute Gasteiger partial charge is 0.274 e. The molecule has 0 saturated carbocycles. The van der Waals surface area contributed by atoms with Gasteiger partial charge in [-0.2, -0.15) is 5.10 Å². The van der Waals surface area contributed by atoms with Crippen molar-refractivity contribution in [3.8, 4) is 5.75 Å². The van der Waals surface area contributed by atoms with E-state index in [1.165, 1.54) is 22.6 Å². The summed E-state index contributed by atoms with van der Waals surface area (Å²) in [4.78, 5) is 24.0. The van der Waals surface area contributed by atoms with Crippen molar-refractivity contribution in [2.45, 2.75) is 56.8 Å². The average molecular weight is 538 g/mol. The number of benzene rings is 1. The number of nitrogens with zero attached hydrogens (tertiary/aromatic N) is 4. The molecule has 0 amide bonds. The lowest BCUT2D eigenvalue weighted by molar-refractivity contribution is 0.298. The number of aromatic nitrogens is 3. The summed E-state index contributed by atoms with van der Waals surface area (Å²) < 4.78 is 13.1. The Hall–Kier alpha value is -2.95. The molecule has 2 aromatic heterocycles. The molecule has 0 radical (unpaired) electrons. The summed E-state index contributed by atoms with van der Waals surface area (Å²) in [5.74, 6) is 0.822. The highest BCUT2D eigenvalue weighted by molar-refractivity contribution is 8.04. The number of aliphatic imine (C=N–C) groups is 1. The SMILES string of the molecule is CC(C)(C)[Si](C)(C)OCCN=C/C(=C\N)Sc1ccc2c(=O)n(Cc3ccc4c(n3)CCO4)ncc2c1. The second kappa shape index (κ2) is 11.2. The monoisotopic (exact) mass is 537 g/mol. The molecular formula is C27H35N5O3SSi. The predicted octanol–water partition coefficient (Wildman–Crippen LogP) is 4.76. The van der Waals surface area contributed by atoms with E-state index in [2.05, 4.69) is 48.9 Å². The van der Waals surface area contributed by atoms with E-state index in [4.69, 9.17) is 14.9 Å². The minimum Gasteiger partial charge on any atom is -0.491 e. The topological polar surface area (TPSA) is 105 Å². The summed E-state index contributed by atoms with van der Waals surface area (Å²) in [7, 11) is -1.77. The van der Waals surface area contributed by atoms with Gasteiger partial charge in [-0.05, 0) is 48.5 Å². The summed E-state index contributed by atoms with van der Waals surface area (Å²) in [6.07, 6.45) is 5.82. The minimum absolute atomic E-state index is 0.148. The Balaban J connectivity index is 1.39. The maximum atomic E-state index is 13.1. The molecule has 10 heteroatoms. The first-order valence-electron chi connectivity index (χ1n) is 12.4. The van der Waals surface area contributed by atoms with Gasteiger partial charge in [0.1, 0.15) is 5.75 Å². The highest BCUT2D eigenvalue weighted by atomic mass is 32.2. The summed E-state index contributed by atoms with van der Waals surface area (Å²) in [5, 5.41) is 5.95. The molecule has 1 aliphatic rings. The number of hydrogen-bond acceptors (Lipinski definition) is 8. The number of thioether (sulfide) groups is 1. The van der Waals surface area contributed by atoms with Crippen LogP contribution in [-0.4, -0.2) is 49.1 Å².